The van der Waals surface area contributed by atoms with E-state index in [1.165, 1.54) is 0 Å². The van der Waals surface area contributed by atoms with E-state index in [-0.39, 0.29) is 5.92 Å². The molecule has 24 heavy (non-hydrogen) atoms. The van der Waals surface area contributed by atoms with Gasteiger partial charge in [-0.2, -0.15) is 0 Å². The van der Waals surface area contributed by atoms with E-state index in [1.54, 1.807) is 12.4 Å². The predicted molar refractivity (Wildman–Crippen MR) is 90.3 cm³/mol. The molecule has 2 aliphatic heterocycles. The zero-order chi connectivity index (χ0) is 17.5. The second-order valence-electron chi connectivity index (χ2n) is 7.53. The maximum absolute atomic E-state index is 11.2. The van der Waals surface area contributed by atoms with Crippen molar-refractivity contribution in [3.05, 3.63) is 12.4 Å². The number of aromatic nitrogens is 2. The fourth-order valence-corrected chi connectivity index (χ4v) is 2.96. The number of nitrogens with zero attached hydrogens (tertiary/aromatic N) is 3. The molecule has 1 atom stereocenters. The third-order valence-electron chi connectivity index (χ3n) is 5.24. The Balaban J connectivity index is 1.71. The molecule has 1 aromatic heterocycles. The number of carboxylic acid groups (broad SMARTS) is 1. The zero-order valence-corrected chi connectivity index (χ0v) is 14.7. The minimum absolute atomic E-state index is 0.356. The predicted octanol–water partition coefficient (Wildman–Crippen LogP) is 1.08. The number of carboxylic acids is 1. The highest BCUT2D eigenvalue weighted by Gasteiger charge is 2.52. The van der Waals surface area contributed by atoms with Crippen LogP contribution in [-0.2, 0) is 14.1 Å². The van der Waals surface area contributed by atoms with Gasteiger partial charge >= 0.3 is 13.1 Å². The van der Waals surface area contributed by atoms with Gasteiger partial charge in [0.25, 0.3) is 0 Å². The summed E-state index contributed by atoms with van der Waals surface area (Å²) < 4.78 is 12.0. The molecular weight excluding hydrogens is 309 g/mol. The number of rotatable bonds is 3. The van der Waals surface area contributed by atoms with Gasteiger partial charge < -0.3 is 19.3 Å². The molecule has 7 nitrogen and oxygen atoms in total. The third-order valence-corrected chi connectivity index (χ3v) is 5.24. The Morgan fingerprint density at radius 1 is 1.25 bits per heavy atom. The lowest BCUT2D eigenvalue weighted by Crippen LogP contribution is -2.41. The molecule has 3 rings (SSSR count). The molecule has 0 bridgehead atoms. The minimum Gasteiger partial charge on any atom is -0.481 e. The number of anilines is 1. The first-order valence-electron chi connectivity index (χ1n) is 8.35. The summed E-state index contributed by atoms with van der Waals surface area (Å²) in [6, 6.07) is 0. The molecule has 3 heterocycles. The highest BCUT2D eigenvalue weighted by Crippen LogP contribution is 2.36. The van der Waals surface area contributed by atoms with Crippen molar-refractivity contribution in [1.82, 2.24) is 9.97 Å². The first-order chi connectivity index (χ1) is 11.2. The molecule has 0 amide bonds. The summed E-state index contributed by atoms with van der Waals surface area (Å²) >= 11 is 0. The average molecular weight is 333 g/mol. The van der Waals surface area contributed by atoms with Gasteiger partial charge in [0.15, 0.2) is 0 Å². The molecule has 2 saturated heterocycles. The van der Waals surface area contributed by atoms with Gasteiger partial charge in [0, 0.05) is 30.9 Å². The third kappa shape index (κ3) is 3.12. The van der Waals surface area contributed by atoms with Crippen molar-refractivity contribution >= 4 is 24.5 Å². The van der Waals surface area contributed by atoms with Crippen molar-refractivity contribution in [2.75, 3.05) is 18.0 Å². The molecule has 0 aromatic carbocycles. The fourth-order valence-electron chi connectivity index (χ4n) is 2.96. The summed E-state index contributed by atoms with van der Waals surface area (Å²) in [6.45, 7) is 9.23. The van der Waals surface area contributed by atoms with Crippen LogP contribution in [0.5, 0.6) is 0 Å². The van der Waals surface area contributed by atoms with Crippen LogP contribution >= 0.6 is 0 Å². The SMILES string of the molecule is CC1(C)OB(c2cnc(N3CCCC(C(=O)O)C3)nc2)OC1(C)C. The lowest BCUT2D eigenvalue weighted by atomic mass is 9.81. The first kappa shape index (κ1) is 17.2. The van der Waals surface area contributed by atoms with E-state index >= 15 is 0 Å². The number of aliphatic carboxylic acids is 1. The van der Waals surface area contributed by atoms with Crippen LogP contribution in [0.2, 0.25) is 0 Å². The van der Waals surface area contributed by atoms with Crippen LogP contribution in [0.3, 0.4) is 0 Å². The lowest BCUT2D eigenvalue weighted by Gasteiger charge is -2.32. The van der Waals surface area contributed by atoms with Crippen LogP contribution in [-0.4, -0.2) is 52.5 Å². The van der Waals surface area contributed by atoms with Crippen LogP contribution in [0.15, 0.2) is 12.4 Å². The van der Waals surface area contributed by atoms with Gasteiger partial charge in [-0.3, -0.25) is 4.79 Å². The van der Waals surface area contributed by atoms with Crippen molar-refractivity contribution in [1.29, 1.82) is 0 Å². The van der Waals surface area contributed by atoms with E-state index in [2.05, 4.69) is 9.97 Å². The summed E-state index contributed by atoms with van der Waals surface area (Å²) in [4.78, 5) is 21.9. The standard InChI is InChI=1S/C16H24BN3O4/c1-15(2)16(3,4)24-17(23-15)12-8-18-14(19-9-12)20-7-5-6-11(10-20)13(21)22/h8-9,11H,5-7,10H2,1-4H3,(H,21,22). The Bertz CT molecular complexity index is 604. The van der Waals surface area contributed by atoms with Crippen LogP contribution in [0.4, 0.5) is 5.95 Å². The van der Waals surface area contributed by atoms with Gasteiger partial charge in [0.2, 0.25) is 5.95 Å². The molecule has 2 aliphatic rings. The van der Waals surface area contributed by atoms with Crippen molar-refractivity contribution in [2.24, 2.45) is 5.92 Å². The highest BCUT2D eigenvalue weighted by molar-refractivity contribution is 6.61. The first-order valence-corrected chi connectivity index (χ1v) is 8.35. The van der Waals surface area contributed by atoms with E-state index in [4.69, 9.17) is 9.31 Å². The van der Waals surface area contributed by atoms with Gasteiger partial charge in [0.1, 0.15) is 0 Å². The zero-order valence-electron chi connectivity index (χ0n) is 14.7. The molecule has 2 fully saturated rings. The van der Waals surface area contributed by atoms with E-state index < -0.39 is 24.3 Å². The molecule has 0 saturated carbocycles. The Hall–Kier alpha value is -1.67. The van der Waals surface area contributed by atoms with E-state index in [0.29, 0.717) is 18.9 Å². The van der Waals surface area contributed by atoms with Crippen molar-refractivity contribution in [2.45, 2.75) is 51.7 Å². The minimum atomic E-state index is -0.756. The summed E-state index contributed by atoms with van der Waals surface area (Å²) in [5.74, 6) is -0.556. The van der Waals surface area contributed by atoms with Gasteiger partial charge in [-0.15, -0.1) is 0 Å². The van der Waals surface area contributed by atoms with Gasteiger partial charge in [-0.25, -0.2) is 9.97 Å². The normalized spacial score (nSPS) is 25.8. The maximum Gasteiger partial charge on any atom is 0.498 e. The molecule has 1 unspecified atom stereocenters. The van der Waals surface area contributed by atoms with Gasteiger partial charge in [-0.05, 0) is 40.5 Å². The van der Waals surface area contributed by atoms with E-state index in [1.807, 2.05) is 32.6 Å². The molecule has 130 valence electrons. The maximum atomic E-state index is 11.2. The summed E-state index contributed by atoms with van der Waals surface area (Å²) in [5, 5.41) is 9.19. The quantitative estimate of drug-likeness (QED) is 0.829. The Morgan fingerprint density at radius 2 is 1.83 bits per heavy atom. The number of carbonyl (C=O) groups is 1. The smallest absolute Gasteiger partial charge is 0.481 e. The van der Waals surface area contributed by atoms with Gasteiger partial charge in [-0.1, -0.05) is 0 Å². The van der Waals surface area contributed by atoms with Crippen molar-refractivity contribution in [3.63, 3.8) is 0 Å². The summed E-state index contributed by atoms with van der Waals surface area (Å²) in [6.07, 6.45) is 4.95. The average Bonchev–Trinajstić information content (AvgIpc) is 2.76. The van der Waals surface area contributed by atoms with Crippen molar-refractivity contribution in [3.8, 4) is 0 Å². The fraction of sp³-hybridized carbons (Fsp3) is 0.688. The topological polar surface area (TPSA) is 84.8 Å². The lowest BCUT2D eigenvalue weighted by molar-refractivity contribution is -0.141. The Labute approximate surface area is 142 Å². The van der Waals surface area contributed by atoms with E-state index in [0.717, 1.165) is 18.4 Å². The van der Waals surface area contributed by atoms with Crippen molar-refractivity contribution < 1.29 is 19.2 Å². The summed E-state index contributed by atoms with van der Waals surface area (Å²) in [7, 11) is -0.489. The summed E-state index contributed by atoms with van der Waals surface area (Å²) in [5.41, 5.74) is -0.0419. The monoisotopic (exact) mass is 333 g/mol. The molecular formula is C16H24BN3O4. The van der Waals surface area contributed by atoms with Crippen LogP contribution in [0.25, 0.3) is 0 Å². The second kappa shape index (κ2) is 6.00. The number of piperidine rings is 1. The molecule has 0 aliphatic carbocycles. The highest BCUT2D eigenvalue weighted by atomic mass is 16.7. The Morgan fingerprint density at radius 3 is 2.38 bits per heavy atom. The van der Waals surface area contributed by atoms with Crippen LogP contribution in [0, 0.1) is 5.92 Å². The molecule has 0 radical (unpaired) electrons. The molecule has 8 heteroatoms. The van der Waals surface area contributed by atoms with E-state index in [9.17, 15) is 9.90 Å². The largest absolute Gasteiger partial charge is 0.498 e. The Kier molecular flexibility index (Phi) is 4.29. The second-order valence-corrected chi connectivity index (χ2v) is 7.53. The molecule has 0 spiro atoms. The number of hydrogen-bond donors (Lipinski definition) is 1. The molecule has 1 N–H and O–H groups in total. The number of hydrogen-bond acceptors (Lipinski definition) is 6. The van der Waals surface area contributed by atoms with Crippen LogP contribution < -0.4 is 10.4 Å². The van der Waals surface area contributed by atoms with Crippen LogP contribution in [0.1, 0.15) is 40.5 Å². The molecule has 1 aromatic rings. The van der Waals surface area contributed by atoms with Gasteiger partial charge in [0.05, 0.1) is 17.1 Å².